The van der Waals surface area contributed by atoms with E-state index in [-0.39, 0.29) is 23.5 Å². The predicted octanol–water partition coefficient (Wildman–Crippen LogP) is 1.72. The molecule has 0 bridgehead atoms. The van der Waals surface area contributed by atoms with E-state index in [4.69, 9.17) is 14.6 Å². The summed E-state index contributed by atoms with van der Waals surface area (Å²) < 4.78 is 62.5. The molecule has 3 saturated heterocycles. The molecule has 8 nitrogen and oxygen atoms in total. The molecule has 3 heterocycles. The highest BCUT2D eigenvalue weighted by atomic mass is 32.2. The number of fused-ring (bicyclic) bond motifs is 1. The zero-order chi connectivity index (χ0) is 25.1. The summed E-state index contributed by atoms with van der Waals surface area (Å²) in [7, 11) is -3.13. The summed E-state index contributed by atoms with van der Waals surface area (Å²) in [5.41, 5.74) is 2.40. The molecular weight excluding hydrogens is 477 g/mol. The summed E-state index contributed by atoms with van der Waals surface area (Å²) in [4.78, 5) is 26.1. The van der Waals surface area contributed by atoms with Crippen molar-refractivity contribution in [1.29, 1.82) is 0 Å². The zero-order valence-corrected chi connectivity index (χ0v) is 19.6. The van der Waals surface area contributed by atoms with Crippen LogP contribution in [-0.2, 0) is 30.7 Å². The quantitative estimate of drug-likeness (QED) is 0.666. The predicted molar refractivity (Wildman–Crippen MR) is 117 cm³/mol. The molecule has 3 fully saturated rings. The number of carbonyl (C=O) groups is 2. The molecule has 12 heteroatoms. The minimum atomic E-state index is -5.08. The third-order valence-electron chi connectivity index (χ3n) is 6.45. The van der Waals surface area contributed by atoms with Gasteiger partial charge in [0.2, 0.25) is 5.91 Å². The summed E-state index contributed by atoms with van der Waals surface area (Å²) >= 11 is 0. The zero-order valence-electron chi connectivity index (χ0n) is 18.8. The Morgan fingerprint density at radius 2 is 1.82 bits per heavy atom. The maximum Gasteiger partial charge on any atom is 0.490 e. The van der Waals surface area contributed by atoms with Gasteiger partial charge in [0, 0.05) is 44.6 Å². The molecule has 0 unspecified atom stereocenters. The van der Waals surface area contributed by atoms with Gasteiger partial charge >= 0.3 is 12.1 Å². The van der Waals surface area contributed by atoms with E-state index in [1.165, 1.54) is 11.1 Å². The molecule has 1 N–H and O–H groups in total. The highest BCUT2D eigenvalue weighted by Crippen LogP contribution is 2.38. The van der Waals surface area contributed by atoms with Crippen LogP contribution in [-0.4, -0.2) is 91.8 Å². The maximum atomic E-state index is 13.1. The van der Waals surface area contributed by atoms with E-state index in [0.29, 0.717) is 45.8 Å². The number of sulfone groups is 1. The lowest BCUT2D eigenvalue weighted by atomic mass is 9.87. The number of nitrogens with zero attached hydrogens (tertiary/aromatic N) is 2. The number of benzene rings is 1. The van der Waals surface area contributed by atoms with Crippen molar-refractivity contribution in [2.24, 2.45) is 11.8 Å². The van der Waals surface area contributed by atoms with Crippen LogP contribution in [0.3, 0.4) is 0 Å². The Labute approximate surface area is 196 Å². The Bertz CT molecular complexity index is 995. The van der Waals surface area contributed by atoms with E-state index in [9.17, 15) is 26.4 Å². The molecule has 34 heavy (non-hydrogen) atoms. The first-order chi connectivity index (χ1) is 15.9. The van der Waals surface area contributed by atoms with Crippen molar-refractivity contribution in [1.82, 2.24) is 9.80 Å². The Balaban J connectivity index is 0.000000406. The van der Waals surface area contributed by atoms with Crippen LogP contribution in [0.5, 0.6) is 0 Å². The molecule has 3 aliphatic rings. The van der Waals surface area contributed by atoms with Gasteiger partial charge < -0.3 is 14.7 Å². The number of hydrogen-bond acceptors (Lipinski definition) is 6. The Kier molecular flexibility index (Phi) is 8.25. The van der Waals surface area contributed by atoms with Crippen LogP contribution < -0.4 is 0 Å². The number of aliphatic carboxylic acids is 1. The monoisotopic (exact) mass is 506 g/mol. The molecule has 1 aromatic carbocycles. The van der Waals surface area contributed by atoms with Crippen molar-refractivity contribution in [2.75, 3.05) is 45.1 Å². The van der Waals surface area contributed by atoms with Gasteiger partial charge in [0.25, 0.3) is 0 Å². The SMILES string of the molecule is Cc1cccc(CN2C[C@H]3[C@@H](C2)S(=O)(=O)CC[C@H]3C(=O)N2CCOCC2)c1.O=C(O)C(F)(F)F. The molecule has 4 rings (SSSR count). The molecule has 0 aromatic heterocycles. The lowest BCUT2D eigenvalue weighted by Crippen LogP contribution is -2.50. The Hall–Kier alpha value is -2.18. The van der Waals surface area contributed by atoms with E-state index in [0.717, 1.165) is 6.54 Å². The molecule has 3 atom stereocenters. The number of ether oxygens (including phenoxy) is 1. The van der Waals surface area contributed by atoms with Gasteiger partial charge in [-0.2, -0.15) is 13.2 Å². The normalized spacial score (nSPS) is 26.8. The van der Waals surface area contributed by atoms with E-state index in [2.05, 4.69) is 30.0 Å². The summed E-state index contributed by atoms with van der Waals surface area (Å²) in [6.45, 7) is 6.40. The molecular formula is C22H29F3N2O6S. The number of rotatable bonds is 3. The second kappa shape index (κ2) is 10.6. The van der Waals surface area contributed by atoms with Gasteiger partial charge in [0.05, 0.1) is 24.2 Å². The third kappa shape index (κ3) is 6.48. The molecule has 0 saturated carbocycles. The van der Waals surface area contributed by atoms with Crippen LogP contribution in [0.15, 0.2) is 24.3 Å². The van der Waals surface area contributed by atoms with Gasteiger partial charge in [-0.15, -0.1) is 0 Å². The standard InChI is InChI=1S/C20H28N2O4S.C2HF3O2/c1-15-3-2-4-16(11-15)12-21-13-18-17(5-10-27(24,25)19(18)14-21)20(23)22-6-8-26-9-7-22;3-2(4,5)1(6)7/h2-4,11,17-19H,5-10,12-14H2,1H3;(H,6,7)/t17-,18-,19-;/m1./s1. The lowest BCUT2D eigenvalue weighted by molar-refractivity contribution is -0.192. The molecule has 0 radical (unpaired) electrons. The van der Waals surface area contributed by atoms with Crippen LogP contribution >= 0.6 is 0 Å². The van der Waals surface area contributed by atoms with Crippen molar-refractivity contribution in [3.05, 3.63) is 35.4 Å². The van der Waals surface area contributed by atoms with Crippen LogP contribution in [0.4, 0.5) is 13.2 Å². The number of likely N-dealkylation sites (tertiary alicyclic amines) is 1. The number of hydrogen-bond donors (Lipinski definition) is 1. The number of morpholine rings is 1. The second-order valence-corrected chi connectivity index (χ2v) is 11.2. The van der Waals surface area contributed by atoms with Crippen LogP contribution in [0.2, 0.25) is 0 Å². The minimum absolute atomic E-state index is 0.0936. The van der Waals surface area contributed by atoms with Gasteiger partial charge in [-0.05, 0) is 18.9 Å². The fourth-order valence-electron chi connectivity index (χ4n) is 4.83. The fraction of sp³-hybridized carbons (Fsp3) is 0.636. The van der Waals surface area contributed by atoms with Gasteiger partial charge in [-0.3, -0.25) is 9.69 Å². The average Bonchev–Trinajstić information content (AvgIpc) is 3.19. The Morgan fingerprint density at radius 1 is 1.18 bits per heavy atom. The number of carbonyl (C=O) groups excluding carboxylic acids is 1. The van der Waals surface area contributed by atoms with Crippen molar-refractivity contribution in [3.8, 4) is 0 Å². The first-order valence-corrected chi connectivity index (χ1v) is 12.8. The van der Waals surface area contributed by atoms with E-state index in [1.54, 1.807) is 0 Å². The van der Waals surface area contributed by atoms with Crippen LogP contribution in [0, 0.1) is 18.8 Å². The first kappa shape index (κ1) is 26.4. The summed E-state index contributed by atoms with van der Waals surface area (Å²) in [5, 5.41) is 6.71. The van der Waals surface area contributed by atoms with Gasteiger partial charge in [0.15, 0.2) is 9.84 Å². The lowest BCUT2D eigenvalue weighted by Gasteiger charge is -2.36. The van der Waals surface area contributed by atoms with Crippen LogP contribution in [0.1, 0.15) is 17.5 Å². The van der Waals surface area contributed by atoms with Crippen molar-refractivity contribution < 1.29 is 41.0 Å². The molecule has 3 aliphatic heterocycles. The van der Waals surface area contributed by atoms with E-state index >= 15 is 0 Å². The third-order valence-corrected chi connectivity index (χ3v) is 8.67. The molecule has 0 spiro atoms. The molecule has 190 valence electrons. The van der Waals surface area contributed by atoms with Crippen molar-refractivity contribution >= 4 is 21.7 Å². The second-order valence-electron chi connectivity index (χ2n) is 8.89. The highest BCUT2D eigenvalue weighted by molar-refractivity contribution is 7.92. The molecule has 1 amide bonds. The van der Waals surface area contributed by atoms with Gasteiger partial charge in [-0.25, -0.2) is 13.2 Å². The number of carboxylic acid groups (broad SMARTS) is 1. The number of amides is 1. The number of halogens is 3. The van der Waals surface area contributed by atoms with Crippen LogP contribution in [0.25, 0.3) is 0 Å². The first-order valence-electron chi connectivity index (χ1n) is 11.0. The van der Waals surface area contributed by atoms with Crippen molar-refractivity contribution in [3.63, 3.8) is 0 Å². The maximum absolute atomic E-state index is 13.1. The van der Waals surface area contributed by atoms with Crippen molar-refractivity contribution in [2.45, 2.75) is 31.3 Å². The average molecular weight is 507 g/mol. The largest absolute Gasteiger partial charge is 0.490 e. The number of aryl methyl sites for hydroxylation is 1. The Morgan fingerprint density at radius 3 is 2.41 bits per heavy atom. The van der Waals surface area contributed by atoms with E-state index < -0.39 is 27.2 Å². The fourth-order valence-corrected chi connectivity index (χ4v) is 6.96. The number of carboxylic acids is 1. The molecule has 1 aromatic rings. The smallest absolute Gasteiger partial charge is 0.475 e. The molecule has 0 aliphatic carbocycles. The topological polar surface area (TPSA) is 104 Å². The van der Waals surface area contributed by atoms with Gasteiger partial charge in [0.1, 0.15) is 0 Å². The minimum Gasteiger partial charge on any atom is -0.475 e. The summed E-state index contributed by atoms with van der Waals surface area (Å²) in [5.74, 6) is -2.77. The van der Waals surface area contributed by atoms with Gasteiger partial charge in [-0.1, -0.05) is 29.8 Å². The number of alkyl halides is 3. The highest BCUT2D eigenvalue weighted by Gasteiger charge is 2.51. The summed E-state index contributed by atoms with van der Waals surface area (Å²) in [6.07, 6.45) is -4.63. The summed E-state index contributed by atoms with van der Waals surface area (Å²) in [6, 6.07) is 8.33. The van der Waals surface area contributed by atoms with E-state index in [1.807, 2.05) is 11.0 Å².